The summed E-state index contributed by atoms with van der Waals surface area (Å²) in [5.41, 5.74) is 3.69. The van der Waals surface area contributed by atoms with Crippen LogP contribution in [-0.2, 0) is 11.2 Å². The normalized spacial score (nSPS) is 14.1. The lowest BCUT2D eigenvalue weighted by molar-refractivity contribution is -0.116. The highest BCUT2D eigenvalue weighted by Crippen LogP contribution is 2.27. The number of nitrogens with zero attached hydrogens (tertiary/aromatic N) is 1. The Bertz CT molecular complexity index is 371. The molecule has 0 aliphatic carbocycles. The van der Waals surface area contributed by atoms with E-state index < -0.39 is 0 Å². The SMILES string of the molecule is C.CC(=O)N1CCCc2cc(C)ccc21. The third kappa shape index (κ3) is 2.20. The minimum absolute atomic E-state index is 0. The van der Waals surface area contributed by atoms with Crippen LogP contribution in [0.4, 0.5) is 5.69 Å². The fraction of sp³-hybridized carbons (Fsp3) is 0.462. The molecule has 82 valence electrons. The minimum atomic E-state index is 0. The molecule has 0 unspecified atom stereocenters. The molecular weight excluding hydrogens is 186 g/mol. The first-order valence-corrected chi connectivity index (χ1v) is 5.06. The van der Waals surface area contributed by atoms with Crippen molar-refractivity contribution in [1.82, 2.24) is 0 Å². The van der Waals surface area contributed by atoms with Crippen LogP contribution in [-0.4, -0.2) is 12.5 Å². The van der Waals surface area contributed by atoms with E-state index in [2.05, 4.69) is 25.1 Å². The molecule has 2 nitrogen and oxygen atoms in total. The van der Waals surface area contributed by atoms with Crippen molar-refractivity contribution in [2.24, 2.45) is 0 Å². The van der Waals surface area contributed by atoms with Crippen LogP contribution in [0, 0.1) is 6.92 Å². The molecule has 15 heavy (non-hydrogen) atoms. The summed E-state index contributed by atoms with van der Waals surface area (Å²) in [5, 5.41) is 0. The van der Waals surface area contributed by atoms with Crippen LogP contribution < -0.4 is 4.90 Å². The monoisotopic (exact) mass is 205 g/mol. The number of aryl methyl sites for hydroxylation is 2. The Morgan fingerprint density at radius 3 is 2.80 bits per heavy atom. The molecule has 1 heterocycles. The number of anilines is 1. The van der Waals surface area contributed by atoms with E-state index in [0.717, 1.165) is 25.1 Å². The Hall–Kier alpha value is -1.31. The molecule has 0 bridgehead atoms. The number of carbonyl (C=O) groups excluding carboxylic acids is 1. The molecule has 0 N–H and O–H groups in total. The van der Waals surface area contributed by atoms with Gasteiger partial charge in [-0.25, -0.2) is 0 Å². The number of benzene rings is 1. The van der Waals surface area contributed by atoms with Crippen LogP contribution in [0.1, 0.15) is 31.9 Å². The predicted molar refractivity (Wildman–Crippen MR) is 64.3 cm³/mol. The topological polar surface area (TPSA) is 20.3 Å². The highest BCUT2D eigenvalue weighted by atomic mass is 16.2. The molecule has 1 aromatic carbocycles. The lowest BCUT2D eigenvalue weighted by atomic mass is 10.00. The van der Waals surface area contributed by atoms with Crippen molar-refractivity contribution >= 4 is 11.6 Å². The molecule has 1 aromatic rings. The summed E-state index contributed by atoms with van der Waals surface area (Å²) in [6, 6.07) is 6.32. The van der Waals surface area contributed by atoms with E-state index in [0.29, 0.717) is 0 Å². The molecule has 0 aromatic heterocycles. The average molecular weight is 205 g/mol. The Labute approximate surface area is 91.9 Å². The van der Waals surface area contributed by atoms with Crippen molar-refractivity contribution in [1.29, 1.82) is 0 Å². The van der Waals surface area contributed by atoms with E-state index in [4.69, 9.17) is 0 Å². The highest BCUT2D eigenvalue weighted by molar-refractivity contribution is 5.92. The third-order valence-electron chi connectivity index (χ3n) is 2.73. The summed E-state index contributed by atoms with van der Waals surface area (Å²) in [7, 11) is 0. The maximum atomic E-state index is 11.4. The van der Waals surface area contributed by atoms with Crippen LogP contribution in [0.2, 0.25) is 0 Å². The second kappa shape index (κ2) is 4.47. The van der Waals surface area contributed by atoms with Crippen molar-refractivity contribution in [2.75, 3.05) is 11.4 Å². The van der Waals surface area contributed by atoms with Gasteiger partial charge in [0.2, 0.25) is 5.91 Å². The van der Waals surface area contributed by atoms with E-state index in [1.807, 2.05) is 4.90 Å². The second-order valence-electron chi connectivity index (χ2n) is 3.91. The zero-order chi connectivity index (χ0) is 10.1. The molecule has 0 fully saturated rings. The maximum absolute atomic E-state index is 11.4. The summed E-state index contributed by atoms with van der Waals surface area (Å²) in [6.45, 7) is 4.59. The number of hydrogen-bond donors (Lipinski definition) is 0. The summed E-state index contributed by atoms with van der Waals surface area (Å²) in [5.74, 6) is 0.148. The number of fused-ring (bicyclic) bond motifs is 1. The van der Waals surface area contributed by atoms with Crippen LogP contribution in [0.5, 0.6) is 0 Å². The minimum Gasteiger partial charge on any atom is -0.312 e. The second-order valence-corrected chi connectivity index (χ2v) is 3.91. The summed E-state index contributed by atoms with van der Waals surface area (Å²) in [6.07, 6.45) is 2.18. The Balaban J connectivity index is 0.00000112. The molecule has 1 aliphatic heterocycles. The molecule has 0 saturated carbocycles. The highest BCUT2D eigenvalue weighted by Gasteiger charge is 2.19. The molecule has 2 rings (SSSR count). The standard InChI is InChI=1S/C12H15NO.CH4/c1-9-5-6-12-11(8-9)4-3-7-13(12)10(2)14;/h5-6,8H,3-4,7H2,1-2H3;1H4. The number of amides is 1. The van der Waals surface area contributed by atoms with Gasteiger partial charge in [-0.1, -0.05) is 25.1 Å². The molecular formula is C13H19NO. The molecule has 0 radical (unpaired) electrons. The lowest BCUT2D eigenvalue weighted by Gasteiger charge is -2.28. The maximum Gasteiger partial charge on any atom is 0.223 e. The number of hydrogen-bond acceptors (Lipinski definition) is 1. The number of rotatable bonds is 0. The van der Waals surface area contributed by atoms with Gasteiger partial charge in [-0.2, -0.15) is 0 Å². The van der Waals surface area contributed by atoms with Crippen molar-refractivity contribution in [2.45, 2.75) is 34.1 Å². The largest absolute Gasteiger partial charge is 0.312 e. The van der Waals surface area contributed by atoms with Gasteiger partial charge in [-0.05, 0) is 31.4 Å². The fourth-order valence-electron chi connectivity index (χ4n) is 2.05. The van der Waals surface area contributed by atoms with Crippen molar-refractivity contribution in [3.63, 3.8) is 0 Å². The van der Waals surface area contributed by atoms with Crippen LogP contribution in [0.3, 0.4) is 0 Å². The van der Waals surface area contributed by atoms with E-state index in [1.54, 1.807) is 6.92 Å². The van der Waals surface area contributed by atoms with E-state index in [-0.39, 0.29) is 13.3 Å². The van der Waals surface area contributed by atoms with Crippen LogP contribution >= 0.6 is 0 Å². The first-order chi connectivity index (χ1) is 6.68. The fourth-order valence-corrected chi connectivity index (χ4v) is 2.05. The predicted octanol–water partition coefficient (Wildman–Crippen LogP) is 2.93. The quantitative estimate of drug-likeness (QED) is 0.637. The Kier molecular flexibility index (Phi) is 3.51. The molecule has 0 atom stereocenters. The van der Waals surface area contributed by atoms with E-state index in [1.165, 1.54) is 11.1 Å². The van der Waals surface area contributed by atoms with E-state index >= 15 is 0 Å². The summed E-state index contributed by atoms with van der Waals surface area (Å²) >= 11 is 0. The van der Waals surface area contributed by atoms with Gasteiger partial charge in [0.25, 0.3) is 0 Å². The number of carbonyl (C=O) groups is 1. The summed E-state index contributed by atoms with van der Waals surface area (Å²) < 4.78 is 0. The summed E-state index contributed by atoms with van der Waals surface area (Å²) in [4.78, 5) is 13.2. The van der Waals surface area contributed by atoms with Gasteiger partial charge >= 0.3 is 0 Å². The van der Waals surface area contributed by atoms with Gasteiger partial charge in [-0.15, -0.1) is 0 Å². The van der Waals surface area contributed by atoms with Gasteiger partial charge in [0.1, 0.15) is 0 Å². The van der Waals surface area contributed by atoms with Gasteiger partial charge in [0.05, 0.1) is 0 Å². The van der Waals surface area contributed by atoms with Crippen molar-refractivity contribution in [3.8, 4) is 0 Å². The lowest BCUT2D eigenvalue weighted by Crippen LogP contribution is -2.33. The van der Waals surface area contributed by atoms with Crippen LogP contribution in [0.25, 0.3) is 0 Å². The molecule has 0 spiro atoms. The molecule has 0 saturated heterocycles. The van der Waals surface area contributed by atoms with Gasteiger partial charge in [-0.3, -0.25) is 4.79 Å². The smallest absolute Gasteiger partial charge is 0.223 e. The average Bonchev–Trinajstić information content (AvgIpc) is 2.16. The van der Waals surface area contributed by atoms with Gasteiger partial charge < -0.3 is 4.90 Å². The first-order valence-electron chi connectivity index (χ1n) is 5.06. The molecule has 2 heteroatoms. The molecule has 1 aliphatic rings. The van der Waals surface area contributed by atoms with Gasteiger partial charge in [0, 0.05) is 19.2 Å². The van der Waals surface area contributed by atoms with Crippen molar-refractivity contribution in [3.05, 3.63) is 29.3 Å². The zero-order valence-electron chi connectivity index (χ0n) is 8.71. The van der Waals surface area contributed by atoms with Crippen molar-refractivity contribution < 1.29 is 4.79 Å². The van der Waals surface area contributed by atoms with Gasteiger partial charge in [0.15, 0.2) is 0 Å². The third-order valence-corrected chi connectivity index (χ3v) is 2.73. The molecule has 1 amide bonds. The zero-order valence-corrected chi connectivity index (χ0v) is 8.71. The van der Waals surface area contributed by atoms with Crippen LogP contribution in [0.15, 0.2) is 18.2 Å². The Morgan fingerprint density at radius 1 is 1.40 bits per heavy atom. The van der Waals surface area contributed by atoms with E-state index in [9.17, 15) is 4.79 Å². The first kappa shape index (κ1) is 11.8. The Morgan fingerprint density at radius 2 is 2.13 bits per heavy atom.